The molecule has 0 aliphatic carbocycles. The number of ether oxygens (including phenoxy) is 1. The van der Waals surface area contributed by atoms with E-state index >= 15 is 0 Å². The molecule has 102 valence electrons. The van der Waals surface area contributed by atoms with E-state index in [0.29, 0.717) is 17.4 Å². The molecular formula is C12H16N4O3. The van der Waals surface area contributed by atoms with Gasteiger partial charge in [-0.3, -0.25) is 9.36 Å². The highest BCUT2D eigenvalue weighted by atomic mass is 16.5. The molecule has 0 fully saturated rings. The summed E-state index contributed by atoms with van der Waals surface area (Å²) in [4.78, 5) is 20.3. The zero-order valence-corrected chi connectivity index (χ0v) is 11.2. The van der Waals surface area contributed by atoms with Crippen LogP contribution in [0.1, 0.15) is 30.8 Å². The second kappa shape index (κ2) is 5.64. The highest BCUT2D eigenvalue weighted by Crippen LogP contribution is 2.08. The molecule has 0 spiro atoms. The maximum absolute atomic E-state index is 11.9. The predicted molar refractivity (Wildman–Crippen MR) is 67.2 cm³/mol. The Morgan fingerprint density at radius 2 is 2.21 bits per heavy atom. The molecule has 0 saturated carbocycles. The third-order valence-corrected chi connectivity index (χ3v) is 2.56. The van der Waals surface area contributed by atoms with Crippen LogP contribution in [0.15, 0.2) is 15.4 Å². The SMILES string of the molecule is CCCc1noc(Cn2c(OC)nc(C)cc2=O)n1. The van der Waals surface area contributed by atoms with Gasteiger partial charge in [0.2, 0.25) is 5.89 Å². The number of aryl methyl sites for hydroxylation is 2. The van der Waals surface area contributed by atoms with Gasteiger partial charge >= 0.3 is 0 Å². The van der Waals surface area contributed by atoms with Gasteiger partial charge in [-0.15, -0.1) is 0 Å². The van der Waals surface area contributed by atoms with Gasteiger partial charge in [-0.1, -0.05) is 12.1 Å². The molecule has 0 unspecified atom stereocenters. The number of methoxy groups -OCH3 is 1. The molecule has 0 aliphatic rings. The summed E-state index contributed by atoms with van der Waals surface area (Å²) in [6.07, 6.45) is 1.69. The van der Waals surface area contributed by atoms with Crippen LogP contribution in [0.3, 0.4) is 0 Å². The van der Waals surface area contributed by atoms with Crippen molar-refractivity contribution in [3.8, 4) is 6.01 Å². The van der Waals surface area contributed by atoms with Gasteiger partial charge in [0.25, 0.3) is 11.6 Å². The normalized spacial score (nSPS) is 10.7. The molecule has 0 saturated heterocycles. The first kappa shape index (κ1) is 13.3. The van der Waals surface area contributed by atoms with Crippen molar-refractivity contribution in [2.75, 3.05) is 7.11 Å². The number of hydrogen-bond acceptors (Lipinski definition) is 6. The van der Waals surface area contributed by atoms with Gasteiger partial charge in [0.05, 0.1) is 7.11 Å². The molecule has 2 heterocycles. The minimum Gasteiger partial charge on any atom is -0.468 e. The van der Waals surface area contributed by atoms with Crippen LogP contribution in [0.4, 0.5) is 0 Å². The van der Waals surface area contributed by atoms with Crippen LogP contribution < -0.4 is 10.3 Å². The van der Waals surface area contributed by atoms with Crippen LogP contribution in [0.5, 0.6) is 6.01 Å². The average molecular weight is 264 g/mol. The Bertz CT molecular complexity index is 618. The van der Waals surface area contributed by atoms with Crippen LogP contribution in [-0.2, 0) is 13.0 Å². The van der Waals surface area contributed by atoms with E-state index in [1.165, 1.54) is 17.7 Å². The monoisotopic (exact) mass is 264 g/mol. The Hall–Kier alpha value is -2.18. The van der Waals surface area contributed by atoms with Gasteiger partial charge in [-0.25, -0.2) is 4.98 Å². The summed E-state index contributed by atoms with van der Waals surface area (Å²) in [5, 5.41) is 3.84. The summed E-state index contributed by atoms with van der Waals surface area (Å²) >= 11 is 0. The van der Waals surface area contributed by atoms with E-state index in [1.807, 2.05) is 6.92 Å². The zero-order chi connectivity index (χ0) is 13.8. The van der Waals surface area contributed by atoms with Crippen molar-refractivity contribution in [3.63, 3.8) is 0 Å². The van der Waals surface area contributed by atoms with Gasteiger partial charge in [-0.2, -0.15) is 4.98 Å². The molecule has 0 atom stereocenters. The van der Waals surface area contributed by atoms with E-state index in [4.69, 9.17) is 9.26 Å². The first-order valence-electron chi connectivity index (χ1n) is 6.08. The molecule has 0 amide bonds. The summed E-state index contributed by atoms with van der Waals surface area (Å²) in [5.74, 6) is 1.01. The molecule has 2 aromatic heterocycles. The van der Waals surface area contributed by atoms with Crippen molar-refractivity contribution in [1.29, 1.82) is 0 Å². The van der Waals surface area contributed by atoms with Gasteiger partial charge in [0.1, 0.15) is 6.54 Å². The first-order chi connectivity index (χ1) is 9.13. The molecule has 19 heavy (non-hydrogen) atoms. The molecule has 0 aromatic carbocycles. The van der Waals surface area contributed by atoms with Crippen molar-refractivity contribution < 1.29 is 9.26 Å². The second-order valence-corrected chi connectivity index (χ2v) is 4.16. The molecule has 7 heteroatoms. The molecule has 0 bridgehead atoms. The maximum atomic E-state index is 11.9. The standard InChI is InChI=1S/C12H16N4O3/c1-4-5-9-14-10(19-15-9)7-16-11(17)6-8(2)13-12(16)18-3/h6H,4-5,7H2,1-3H3. The van der Waals surface area contributed by atoms with E-state index in [1.54, 1.807) is 6.92 Å². The highest BCUT2D eigenvalue weighted by molar-refractivity contribution is 5.08. The fourth-order valence-electron chi connectivity index (χ4n) is 1.71. The van der Waals surface area contributed by atoms with Crippen LogP contribution >= 0.6 is 0 Å². The number of rotatable bonds is 5. The van der Waals surface area contributed by atoms with Gasteiger partial charge in [0, 0.05) is 18.2 Å². The van der Waals surface area contributed by atoms with Crippen LogP contribution in [0.25, 0.3) is 0 Å². The second-order valence-electron chi connectivity index (χ2n) is 4.16. The third-order valence-electron chi connectivity index (χ3n) is 2.56. The van der Waals surface area contributed by atoms with Crippen LogP contribution in [0.2, 0.25) is 0 Å². The summed E-state index contributed by atoms with van der Waals surface area (Å²) in [5.41, 5.74) is 0.398. The number of nitrogens with zero attached hydrogens (tertiary/aromatic N) is 4. The largest absolute Gasteiger partial charge is 0.468 e. The van der Waals surface area contributed by atoms with Crippen LogP contribution in [0, 0.1) is 6.92 Å². The predicted octanol–water partition coefficient (Wildman–Crippen LogP) is 0.944. The van der Waals surface area contributed by atoms with Crippen molar-refractivity contribution in [1.82, 2.24) is 19.7 Å². The maximum Gasteiger partial charge on any atom is 0.299 e. The van der Waals surface area contributed by atoms with E-state index < -0.39 is 0 Å². The third kappa shape index (κ3) is 2.98. The van der Waals surface area contributed by atoms with Crippen molar-refractivity contribution in [3.05, 3.63) is 33.8 Å². The lowest BCUT2D eigenvalue weighted by molar-refractivity contribution is 0.325. The molecule has 0 N–H and O–H groups in total. The van der Waals surface area contributed by atoms with E-state index in [2.05, 4.69) is 15.1 Å². The number of hydrogen-bond donors (Lipinski definition) is 0. The molecule has 2 rings (SSSR count). The van der Waals surface area contributed by atoms with Gasteiger partial charge < -0.3 is 9.26 Å². The topological polar surface area (TPSA) is 83.0 Å². The highest BCUT2D eigenvalue weighted by Gasteiger charge is 2.12. The molecular weight excluding hydrogens is 248 g/mol. The fourth-order valence-corrected chi connectivity index (χ4v) is 1.71. The van der Waals surface area contributed by atoms with Gasteiger partial charge in [0.15, 0.2) is 5.82 Å². The molecule has 2 aromatic rings. The lowest BCUT2D eigenvalue weighted by Crippen LogP contribution is -2.23. The van der Waals surface area contributed by atoms with Crippen LogP contribution in [-0.4, -0.2) is 26.8 Å². The average Bonchev–Trinajstić information content (AvgIpc) is 2.80. The van der Waals surface area contributed by atoms with Gasteiger partial charge in [-0.05, 0) is 13.3 Å². The molecule has 0 aliphatic heterocycles. The summed E-state index contributed by atoms with van der Waals surface area (Å²) in [7, 11) is 1.47. The lowest BCUT2D eigenvalue weighted by atomic mass is 10.3. The summed E-state index contributed by atoms with van der Waals surface area (Å²) < 4.78 is 11.6. The Morgan fingerprint density at radius 1 is 1.42 bits per heavy atom. The van der Waals surface area contributed by atoms with Crippen molar-refractivity contribution >= 4 is 0 Å². The van der Waals surface area contributed by atoms with Crippen molar-refractivity contribution in [2.45, 2.75) is 33.2 Å². The number of aromatic nitrogens is 4. The minimum absolute atomic E-state index is 0.159. The Balaban J connectivity index is 2.29. The minimum atomic E-state index is -0.209. The van der Waals surface area contributed by atoms with E-state index in [9.17, 15) is 4.79 Å². The smallest absolute Gasteiger partial charge is 0.299 e. The zero-order valence-electron chi connectivity index (χ0n) is 11.2. The Labute approximate surface area is 110 Å². The van der Waals surface area contributed by atoms with Crippen molar-refractivity contribution in [2.24, 2.45) is 0 Å². The Kier molecular flexibility index (Phi) is 3.94. The Morgan fingerprint density at radius 3 is 2.89 bits per heavy atom. The summed E-state index contributed by atoms with van der Waals surface area (Å²) in [6, 6.07) is 1.67. The van der Waals surface area contributed by atoms with E-state index in [-0.39, 0.29) is 18.1 Å². The lowest BCUT2D eigenvalue weighted by Gasteiger charge is -2.08. The summed E-state index contributed by atoms with van der Waals surface area (Å²) in [6.45, 7) is 3.93. The van der Waals surface area contributed by atoms with E-state index in [0.717, 1.165) is 12.8 Å². The first-order valence-corrected chi connectivity index (χ1v) is 6.08. The fraction of sp³-hybridized carbons (Fsp3) is 0.500. The molecule has 7 nitrogen and oxygen atoms in total. The quantitative estimate of drug-likeness (QED) is 0.799. The molecule has 0 radical (unpaired) electrons.